The fraction of sp³-hybridized carbons (Fsp3) is 0.158. The molecule has 0 atom stereocenters. The van der Waals surface area contributed by atoms with Gasteiger partial charge in [-0.2, -0.15) is 0 Å². The Morgan fingerprint density at radius 2 is 1.92 bits per heavy atom. The molecule has 0 radical (unpaired) electrons. The zero-order chi connectivity index (χ0) is 17.4. The van der Waals surface area contributed by atoms with E-state index in [-0.39, 0.29) is 5.82 Å². The maximum absolute atomic E-state index is 13.1. The van der Waals surface area contributed by atoms with Crippen LogP contribution in [0.4, 0.5) is 15.9 Å². The summed E-state index contributed by atoms with van der Waals surface area (Å²) in [4.78, 5) is 8.85. The monoisotopic (exact) mass is 336 g/mol. The maximum Gasteiger partial charge on any atom is 0.146 e. The lowest BCUT2D eigenvalue weighted by molar-refractivity contribution is 0.494. The molecule has 3 aromatic heterocycles. The number of fused-ring (bicyclic) bond motifs is 1. The van der Waals surface area contributed by atoms with E-state index in [4.69, 9.17) is 4.42 Å². The van der Waals surface area contributed by atoms with Gasteiger partial charge in [-0.15, -0.1) is 0 Å². The van der Waals surface area contributed by atoms with Gasteiger partial charge >= 0.3 is 0 Å². The minimum Gasteiger partial charge on any atom is -0.467 e. The molecule has 0 bridgehead atoms. The number of furan rings is 1. The highest BCUT2D eigenvalue weighted by atomic mass is 19.1. The van der Waals surface area contributed by atoms with Gasteiger partial charge in [0.05, 0.1) is 18.2 Å². The Morgan fingerprint density at radius 1 is 1.12 bits per heavy atom. The van der Waals surface area contributed by atoms with Gasteiger partial charge in [-0.05, 0) is 55.8 Å². The third kappa shape index (κ3) is 2.76. The van der Waals surface area contributed by atoms with Crippen LogP contribution in [0.3, 0.4) is 0 Å². The molecular formula is C19H17FN4O. The lowest BCUT2D eigenvalue weighted by Gasteiger charge is -2.08. The molecule has 126 valence electrons. The van der Waals surface area contributed by atoms with Gasteiger partial charge in [0.25, 0.3) is 0 Å². The average molecular weight is 336 g/mol. The fourth-order valence-electron chi connectivity index (χ4n) is 2.99. The van der Waals surface area contributed by atoms with E-state index < -0.39 is 0 Å². The van der Waals surface area contributed by atoms with E-state index in [0.717, 1.165) is 33.7 Å². The molecule has 0 saturated heterocycles. The molecule has 4 aromatic rings. The van der Waals surface area contributed by atoms with Gasteiger partial charge in [0.2, 0.25) is 0 Å². The van der Waals surface area contributed by atoms with Crippen molar-refractivity contribution in [3.05, 3.63) is 71.8 Å². The molecular weight excluding hydrogens is 319 g/mol. The second-order valence-corrected chi connectivity index (χ2v) is 5.93. The van der Waals surface area contributed by atoms with Crippen LogP contribution in [0.2, 0.25) is 0 Å². The van der Waals surface area contributed by atoms with E-state index in [2.05, 4.69) is 33.7 Å². The SMILES string of the molecule is Cc1c(C)n(Cc2ccco2)c2ncnc(Nc3ccc(F)cc3)c12. The number of rotatable bonds is 4. The number of benzene rings is 1. The molecule has 0 saturated carbocycles. The fourth-order valence-corrected chi connectivity index (χ4v) is 2.99. The lowest BCUT2D eigenvalue weighted by Crippen LogP contribution is -2.02. The van der Waals surface area contributed by atoms with Crippen molar-refractivity contribution in [3.8, 4) is 0 Å². The van der Waals surface area contributed by atoms with E-state index in [9.17, 15) is 4.39 Å². The molecule has 1 aromatic carbocycles. The van der Waals surface area contributed by atoms with Crippen LogP contribution in [-0.4, -0.2) is 14.5 Å². The smallest absolute Gasteiger partial charge is 0.146 e. The van der Waals surface area contributed by atoms with Crippen molar-refractivity contribution in [3.63, 3.8) is 0 Å². The van der Waals surface area contributed by atoms with Crippen molar-refractivity contribution in [1.82, 2.24) is 14.5 Å². The summed E-state index contributed by atoms with van der Waals surface area (Å²) in [5.41, 5.74) is 3.82. The molecule has 25 heavy (non-hydrogen) atoms. The van der Waals surface area contributed by atoms with Crippen LogP contribution in [0.1, 0.15) is 17.0 Å². The summed E-state index contributed by atoms with van der Waals surface area (Å²) in [7, 11) is 0. The Bertz CT molecular complexity index is 1020. The van der Waals surface area contributed by atoms with Crippen LogP contribution >= 0.6 is 0 Å². The van der Waals surface area contributed by atoms with E-state index in [1.54, 1.807) is 18.4 Å². The number of aryl methyl sites for hydroxylation is 1. The number of aromatic nitrogens is 3. The highest BCUT2D eigenvalue weighted by molar-refractivity contribution is 5.93. The number of anilines is 2. The van der Waals surface area contributed by atoms with Crippen LogP contribution in [0.15, 0.2) is 53.4 Å². The Balaban J connectivity index is 1.80. The van der Waals surface area contributed by atoms with E-state index >= 15 is 0 Å². The second-order valence-electron chi connectivity index (χ2n) is 5.93. The third-order valence-corrected chi connectivity index (χ3v) is 4.41. The summed E-state index contributed by atoms with van der Waals surface area (Å²) >= 11 is 0. The molecule has 1 N–H and O–H groups in total. The van der Waals surface area contributed by atoms with Gasteiger partial charge < -0.3 is 14.3 Å². The first-order valence-corrected chi connectivity index (χ1v) is 7.99. The first-order valence-electron chi connectivity index (χ1n) is 7.99. The van der Waals surface area contributed by atoms with Crippen molar-refractivity contribution >= 4 is 22.5 Å². The molecule has 0 aliphatic heterocycles. The highest BCUT2D eigenvalue weighted by Gasteiger charge is 2.17. The third-order valence-electron chi connectivity index (χ3n) is 4.41. The Hall–Kier alpha value is -3.15. The van der Waals surface area contributed by atoms with Crippen molar-refractivity contribution in [1.29, 1.82) is 0 Å². The summed E-state index contributed by atoms with van der Waals surface area (Å²) in [6.45, 7) is 4.72. The normalized spacial score (nSPS) is 11.2. The summed E-state index contributed by atoms with van der Waals surface area (Å²) in [6.07, 6.45) is 3.20. The van der Waals surface area contributed by atoms with Crippen molar-refractivity contribution < 1.29 is 8.81 Å². The first-order chi connectivity index (χ1) is 12.1. The molecule has 0 aliphatic carbocycles. The molecule has 0 fully saturated rings. The van der Waals surface area contributed by atoms with Crippen molar-refractivity contribution in [2.75, 3.05) is 5.32 Å². The van der Waals surface area contributed by atoms with E-state index in [0.29, 0.717) is 12.4 Å². The number of hydrogen-bond donors (Lipinski definition) is 1. The van der Waals surface area contributed by atoms with Gasteiger partial charge in [-0.1, -0.05) is 0 Å². The summed E-state index contributed by atoms with van der Waals surface area (Å²) < 4.78 is 20.7. The summed E-state index contributed by atoms with van der Waals surface area (Å²) in [5, 5.41) is 4.21. The summed E-state index contributed by atoms with van der Waals surface area (Å²) in [5.74, 6) is 1.30. The maximum atomic E-state index is 13.1. The molecule has 4 rings (SSSR count). The van der Waals surface area contributed by atoms with Crippen molar-refractivity contribution in [2.24, 2.45) is 0 Å². The highest BCUT2D eigenvalue weighted by Crippen LogP contribution is 2.31. The number of hydrogen-bond acceptors (Lipinski definition) is 4. The quantitative estimate of drug-likeness (QED) is 0.593. The molecule has 0 unspecified atom stereocenters. The Labute approximate surface area is 144 Å². The molecule has 0 aliphatic rings. The van der Waals surface area contributed by atoms with Crippen LogP contribution in [0.25, 0.3) is 11.0 Å². The first kappa shape index (κ1) is 15.4. The van der Waals surface area contributed by atoms with Crippen LogP contribution in [0.5, 0.6) is 0 Å². The molecule has 0 spiro atoms. The van der Waals surface area contributed by atoms with Gasteiger partial charge in [-0.25, -0.2) is 14.4 Å². The zero-order valence-electron chi connectivity index (χ0n) is 14.0. The molecule has 5 nitrogen and oxygen atoms in total. The number of halogens is 1. The predicted octanol–water partition coefficient (Wildman–Crippen LogP) is 4.57. The van der Waals surface area contributed by atoms with Gasteiger partial charge in [0.1, 0.15) is 29.4 Å². The van der Waals surface area contributed by atoms with Crippen LogP contribution < -0.4 is 5.32 Å². The van der Waals surface area contributed by atoms with Gasteiger partial charge in [-0.3, -0.25) is 0 Å². The topological polar surface area (TPSA) is 55.9 Å². The number of nitrogens with zero attached hydrogens (tertiary/aromatic N) is 3. The minimum absolute atomic E-state index is 0.269. The predicted molar refractivity (Wildman–Crippen MR) is 94.5 cm³/mol. The van der Waals surface area contributed by atoms with Gasteiger partial charge in [0, 0.05) is 11.4 Å². The van der Waals surface area contributed by atoms with Crippen LogP contribution in [0, 0.1) is 19.7 Å². The Morgan fingerprint density at radius 3 is 2.64 bits per heavy atom. The van der Waals surface area contributed by atoms with Gasteiger partial charge in [0.15, 0.2) is 0 Å². The summed E-state index contributed by atoms with van der Waals surface area (Å²) in [6, 6.07) is 10.0. The molecule has 6 heteroatoms. The molecule has 0 amide bonds. The second kappa shape index (κ2) is 6.05. The largest absolute Gasteiger partial charge is 0.467 e. The lowest BCUT2D eigenvalue weighted by atomic mass is 10.2. The molecule has 3 heterocycles. The zero-order valence-corrected chi connectivity index (χ0v) is 14.0. The van der Waals surface area contributed by atoms with Crippen LogP contribution in [-0.2, 0) is 6.54 Å². The van der Waals surface area contributed by atoms with E-state index in [1.165, 1.54) is 18.5 Å². The standard InChI is InChI=1S/C19H17FN4O/c1-12-13(2)24(10-16-4-3-9-25-16)19-17(12)18(21-11-22-19)23-15-7-5-14(20)6-8-15/h3-9,11H,10H2,1-2H3,(H,21,22,23). The van der Waals surface area contributed by atoms with E-state index in [1.807, 2.05) is 12.1 Å². The number of nitrogens with one attached hydrogen (secondary N) is 1. The average Bonchev–Trinajstić information content (AvgIpc) is 3.21. The van der Waals surface area contributed by atoms with Crippen molar-refractivity contribution in [2.45, 2.75) is 20.4 Å². The minimum atomic E-state index is -0.269. The Kier molecular flexibility index (Phi) is 3.72.